The lowest BCUT2D eigenvalue weighted by Crippen LogP contribution is -2.30. The molecule has 0 spiro atoms. The fourth-order valence-corrected chi connectivity index (χ4v) is 4.58. The first-order valence-corrected chi connectivity index (χ1v) is 10.3. The largest absolute Gasteiger partial charge is 0.373 e. The molecule has 6 nitrogen and oxygen atoms in total. The number of pyridine rings is 1. The van der Waals surface area contributed by atoms with Crippen molar-refractivity contribution >= 4 is 23.1 Å². The molecule has 3 heterocycles. The summed E-state index contributed by atoms with van der Waals surface area (Å²) in [5.74, 6) is 0.970. The number of hydrogen-bond acceptors (Lipinski definition) is 6. The molecule has 0 bridgehead atoms. The standard InChI is InChI=1S/C20H29N5OS/c1-21-19-15(6-4-10-22-19)14-25-12-5-7-16(25)17-8-9-18(27-17)20(26)23-11-13-24(2)3/h4,6,8-10,16H,5,7,11-14H2,1-3H3,(H,21,22)(H,23,26)/t16-/m0/s1. The molecule has 2 aromatic heterocycles. The molecule has 2 aromatic rings. The lowest BCUT2D eigenvalue weighted by molar-refractivity contribution is 0.0955. The Balaban J connectivity index is 1.65. The summed E-state index contributed by atoms with van der Waals surface area (Å²) in [4.78, 5) is 23.4. The van der Waals surface area contributed by atoms with E-state index in [1.54, 1.807) is 11.3 Å². The Bertz CT molecular complexity index is 760. The van der Waals surface area contributed by atoms with Gasteiger partial charge in [0.05, 0.1) is 4.88 Å². The van der Waals surface area contributed by atoms with Crippen LogP contribution in [0, 0.1) is 0 Å². The van der Waals surface area contributed by atoms with Crippen LogP contribution >= 0.6 is 11.3 Å². The SMILES string of the molecule is CNc1ncccc1CN1CCC[C@H]1c1ccc(C(=O)NCCN(C)C)s1. The van der Waals surface area contributed by atoms with E-state index >= 15 is 0 Å². The van der Waals surface area contributed by atoms with Crippen molar-refractivity contribution in [3.63, 3.8) is 0 Å². The van der Waals surface area contributed by atoms with Crippen LogP contribution in [0.2, 0.25) is 0 Å². The van der Waals surface area contributed by atoms with Gasteiger partial charge in [-0.25, -0.2) is 4.98 Å². The monoisotopic (exact) mass is 387 g/mol. The van der Waals surface area contributed by atoms with Crippen LogP contribution in [0.1, 0.15) is 39.0 Å². The average molecular weight is 388 g/mol. The highest BCUT2D eigenvalue weighted by atomic mass is 32.1. The zero-order chi connectivity index (χ0) is 19.2. The lowest BCUT2D eigenvalue weighted by Gasteiger charge is -2.24. The van der Waals surface area contributed by atoms with Crippen LogP contribution in [-0.2, 0) is 6.54 Å². The maximum absolute atomic E-state index is 12.4. The summed E-state index contributed by atoms with van der Waals surface area (Å²) in [6, 6.07) is 8.58. The highest BCUT2D eigenvalue weighted by Crippen LogP contribution is 2.37. The molecule has 3 rings (SSSR count). The molecule has 1 saturated heterocycles. The van der Waals surface area contributed by atoms with Crippen molar-refractivity contribution in [3.8, 4) is 0 Å². The van der Waals surface area contributed by atoms with Crippen LogP contribution in [0.25, 0.3) is 0 Å². The number of rotatable bonds is 8. The van der Waals surface area contributed by atoms with Crippen LogP contribution in [0.15, 0.2) is 30.5 Å². The van der Waals surface area contributed by atoms with Crippen LogP contribution in [-0.4, -0.2) is 61.5 Å². The van der Waals surface area contributed by atoms with Gasteiger partial charge in [0.25, 0.3) is 5.91 Å². The first-order chi connectivity index (χ1) is 13.1. The highest BCUT2D eigenvalue weighted by molar-refractivity contribution is 7.14. The molecule has 1 aliphatic heterocycles. The van der Waals surface area contributed by atoms with Crippen LogP contribution < -0.4 is 10.6 Å². The molecule has 2 N–H and O–H groups in total. The molecule has 0 aromatic carbocycles. The Kier molecular flexibility index (Phi) is 6.82. The number of likely N-dealkylation sites (tertiary alicyclic amines) is 1. The Labute approximate surface area is 165 Å². The molecule has 1 fully saturated rings. The van der Waals surface area contributed by atoms with Gasteiger partial charge >= 0.3 is 0 Å². The van der Waals surface area contributed by atoms with Crippen molar-refractivity contribution < 1.29 is 4.79 Å². The molecule has 1 atom stereocenters. The zero-order valence-corrected chi connectivity index (χ0v) is 17.2. The molecule has 1 aliphatic rings. The Hall–Kier alpha value is -1.96. The lowest BCUT2D eigenvalue weighted by atomic mass is 10.1. The number of thiophene rings is 1. The first-order valence-electron chi connectivity index (χ1n) is 9.47. The predicted octanol–water partition coefficient (Wildman–Crippen LogP) is 2.81. The molecule has 27 heavy (non-hydrogen) atoms. The van der Waals surface area contributed by atoms with E-state index in [-0.39, 0.29) is 5.91 Å². The van der Waals surface area contributed by atoms with E-state index in [9.17, 15) is 4.79 Å². The van der Waals surface area contributed by atoms with Crippen molar-refractivity contribution in [1.29, 1.82) is 0 Å². The summed E-state index contributed by atoms with van der Waals surface area (Å²) in [6.45, 7) is 3.46. The molecule has 0 radical (unpaired) electrons. The van der Waals surface area contributed by atoms with Gasteiger partial charge in [0.2, 0.25) is 0 Å². The summed E-state index contributed by atoms with van der Waals surface area (Å²) >= 11 is 1.62. The Morgan fingerprint density at radius 3 is 3.00 bits per heavy atom. The van der Waals surface area contributed by atoms with Gasteiger partial charge < -0.3 is 15.5 Å². The summed E-state index contributed by atoms with van der Waals surface area (Å²) in [5.41, 5.74) is 1.21. The highest BCUT2D eigenvalue weighted by Gasteiger charge is 2.28. The number of hydrogen-bond donors (Lipinski definition) is 2. The normalized spacial score (nSPS) is 17.4. The number of nitrogens with one attached hydrogen (secondary N) is 2. The average Bonchev–Trinajstić information content (AvgIpc) is 3.31. The molecule has 146 valence electrons. The van der Waals surface area contributed by atoms with Gasteiger partial charge in [-0.3, -0.25) is 9.69 Å². The van der Waals surface area contributed by atoms with Crippen LogP contribution in [0.3, 0.4) is 0 Å². The van der Waals surface area contributed by atoms with Gasteiger partial charge in [-0.05, 0) is 51.7 Å². The van der Waals surface area contributed by atoms with Crippen molar-refractivity contribution in [2.75, 3.05) is 46.1 Å². The minimum atomic E-state index is 0.0300. The Morgan fingerprint density at radius 1 is 1.37 bits per heavy atom. The van der Waals surface area contributed by atoms with Gasteiger partial charge in [-0.2, -0.15) is 0 Å². The number of carbonyl (C=O) groups excluding carboxylic acids is 1. The summed E-state index contributed by atoms with van der Waals surface area (Å²) in [5, 5.41) is 6.18. The summed E-state index contributed by atoms with van der Waals surface area (Å²) in [7, 11) is 5.92. The second-order valence-electron chi connectivity index (χ2n) is 7.15. The third-order valence-electron chi connectivity index (χ3n) is 4.89. The van der Waals surface area contributed by atoms with Crippen molar-refractivity contribution in [1.82, 2.24) is 20.1 Å². The van der Waals surface area contributed by atoms with Crippen LogP contribution in [0.5, 0.6) is 0 Å². The van der Waals surface area contributed by atoms with Gasteiger partial charge in [0.15, 0.2) is 0 Å². The third-order valence-corrected chi connectivity index (χ3v) is 6.07. The van der Waals surface area contributed by atoms with E-state index in [1.165, 1.54) is 16.9 Å². The molecular weight excluding hydrogens is 358 g/mol. The van der Waals surface area contributed by atoms with Crippen molar-refractivity contribution in [2.45, 2.75) is 25.4 Å². The predicted molar refractivity (Wildman–Crippen MR) is 111 cm³/mol. The van der Waals surface area contributed by atoms with Crippen molar-refractivity contribution in [3.05, 3.63) is 45.8 Å². The quantitative estimate of drug-likeness (QED) is 0.729. The van der Waals surface area contributed by atoms with E-state index < -0.39 is 0 Å². The number of carbonyl (C=O) groups is 1. The van der Waals surface area contributed by atoms with Crippen molar-refractivity contribution in [2.24, 2.45) is 0 Å². The van der Waals surface area contributed by atoms with E-state index in [4.69, 9.17) is 0 Å². The molecule has 0 unspecified atom stereocenters. The second-order valence-corrected chi connectivity index (χ2v) is 8.27. The maximum atomic E-state index is 12.4. The van der Waals surface area contributed by atoms with Gasteiger partial charge in [-0.15, -0.1) is 11.3 Å². The van der Waals surface area contributed by atoms with E-state index in [0.29, 0.717) is 12.6 Å². The number of anilines is 1. The maximum Gasteiger partial charge on any atom is 0.261 e. The summed E-state index contributed by atoms with van der Waals surface area (Å²) < 4.78 is 0. The second kappa shape index (κ2) is 9.30. The fourth-order valence-electron chi connectivity index (χ4n) is 3.48. The first kappa shape index (κ1) is 19.8. The molecule has 0 saturated carbocycles. The molecular formula is C20H29N5OS. The number of amides is 1. The number of likely N-dealkylation sites (N-methyl/N-ethyl adjacent to an activating group) is 1. The zero-order valence-electron chi connectivity index (χ0n) is 16.4. The summed E-state index contributed by atoms with van der Waals surface area (Å²) in [6.07, 6.45) is 4.14. The van der Waals surface area contributed by atoms with E-state index in [2.05, 4.69) is 37.6 Å². The minimum Gasteiger partial charge on any atom is -0.373 e. The molecule has 1 amide bonds. The Morgan fingerprint density at radius 2 is 2.22 bits per heavy atom. The number of nitrogens with zero attached hydrogens (tertiary/aromatic N) is 3. The fraction of sp³-hybridized carbons (Fsp3) is 0.500. The van der Waals surface area contributed by atoms with E-state index in [1.807, 2.05) is 39.5 Å². The van der Waals surface area contributed by atoms with Gasteiger partial charge in [0, 0.05) is 49.4 Å². The number of aromatic nitrogens is 1. The van der Waals surface area contributed by atoms with Gasteiger partial charge in [0.1, 0.15) is 5.82 Å². The topological polar surface area (TPSA) is 60.5 Å². The molecule has 0 aliphatic carbocycles. The minimum absolute atomic E-state index is 0.0300. The smallest absolute Gasteiger partial charge is 0.261 e. The van der Waals surface area contributed by atoms with Crippen LogP contribution in [0.4, 0.5) is 5.82 Å². The van der Waals surface area contributed by atoms with Gasteiger partial charge in [-0.1, -0.05) is 6.07 Å². The molecule has 7 heteroatoms. The third kappa shape index (κ3) is 5.06. The van der Waals surface area contributed by atoms with E-state index in [0.717, 1.165) is 36.8 Å².